The molecule has 0 fully saturated rings. The Morgan fingerprint density at radius 1 is 1.00 bits per heavy atom. The van der Waals surface area contributed by atoms with Crippen molar-refractivity contribution < 1.29 is 14.3 Å². The lowest BCUT2D eigenvalue weighted by Crippen LogP contribution is -2.48. The lowest BCUT2D eigenvalue weighted by atomic mass is 10.1. The van der Waals surface area contributed by atoms with Gasteiger partial charge in [0.2, 0.25) is 5.91 Å². The summed E-state index contributed by atoms with van der Waals surface area (Å²) in [6.07, 6.45) is 5.16. The molecule has 7 heteroatoms. The van der Waals surface area contributed by atoms with Crippen LogP contribution in [0, 0.1) is 0 Å². The molecule has 0 aliphatic rings. The van der Waals surface area contributed by atoms with Crippen molar-refractivity contribution in [3.8, 4) is 0 Å². The second-order valence-electron chi connectivity index (χ2n) is 7.37. The maximum Gasteiger partial charge on any atom is 0.408 e. The molecule has 0 spiro atoms. The maximum atomic E-state index is 12.8. The van der Waals surface area contributed by atoms with Gasteiger partial charge in [-0.1, -0.05) is 60.7 Å². The van der Waals surface area contributed by atoms with Crippen molar-refractivity contribution in [2.24, 2.45) is 7.05 Å². The van der Waals surface area contributed by atoms with Gasteiger partial charge in [-0.3, -0.25) is 9.48 Å². The molecule has 31 heavy (non-hydrogen) atoms. The Hall–Kier alpha value is -3.61. The molecule has 1 heterocycles. The predicted octanol–water partition coefficient (Wildman–Crippen LogP) is 3.01. The van der Waals surface area contributed by atoms with Gasteiger partial charge in [0.25, 0.3) is 0 Å². The third-order valence-electron chi connectivity index (χ3n) is 4.80. The number of nitrogens with one attached hydrogen (secondary N) is 2. The van der Waals surface area contributed by atoms with Gasteiger partial charge >= 0.3 is 6.09 Å². The Bertz CT molecular complexity index is 957. The van der Waals surface area contributed by atoms with Crippen LogP contribution in [0.4, 0.5) is 4.79 Å². The van der Waals surface area contributed by atoms with E-state index in [1.165, 1.54) is 0 Å². The van der Waals surface area contributed by atoms with Crippen molar-refractivity contribution in [1.29, 1.82) is 0 Å². The fourth-order valence-corrected chi connectivity index (χ4v) is 3.19. The Morgan fingerprint density at radius 2 is 1.68 bits per heavy atom. The number of carbonyl (C=O) groups is 2. The summed E-state index contributed by atoms with van der Waals surface area (Å²) in [5.74, 6) is -0.230. The molecular formula is C24H28N4O3. The van der Waals surface area contributed by atoms with Crippen molar-refractivity contribution in [3.05, 3.63) is 89.7 Å². The average Bonchev–Trinajstić information content (AvgIpc) is 3.21. The molecule has 2 amide bonds. The number of carbonyl (C=O) groups excluding carboxylic acids is 2. The number of alkyl carbamates (subject to hydrolysis) is 1. The summed E-state index contributed by atoms with van der Waals surface area (Å²) in [6, 6.07) is 18.3. The fourth-order valence-electron chi connectivity index (χ4n) is 3.19. The van der Waals surface area contributed by atoms with E-state index in [1.54, 1.807) is 4.68 Å². The first kappa shape index (κ1) is 22.1. The van der Waals surface area contributed by atoms with E-state index in [9.17, 15) is 9.59 Å². The van der Waals surface area contributed by atoms with E-state index in [1.807, 2.05) is 80.1 Å². The number of rotatable bonds is 10. The van der Waals surface area contributed by atoms with E-state index in [-0.39, 0.29) is 12.5 Å². The molecule has 7 nitrogen and oxygen atoms in total. The van der Waals surface area contributed by atoms with E-state index in [2.05, 4.69) is 15.7 Å². The zero-order chi connectivity index (χ0) is 21.9. The van der Waals surface area contributed by atoms with Gasteiger partial charge in [0, 0.05) is 26.2 Å². The van der Waals surface area contributed by atoms with Crippen LogP contribution < -0.4 is 10.6 Å². The van der Waals surface area contributed by atoms with E-state index >= 15 is 0 Å². The second-order valence-corrected chi connectivity index (χ2v) is 7.37. The molecule has 3 rings (SSSR count). The van der Waals surface area contributed by atoms with E-state index in [4.69, 9.17) is 4.74 Å². The summed E-state index contributed by atoms with van der Waals surface area (Å²) in [5, 5.41) is 9.78. The monoisotopic (exact) mass is 420 g/mol. The van der Waals surface area contributed by atoms with Gasteiger partial charge in [-0.2, -0.15) is 5.10 Å². The summed E-state index contributed by atoms with van der Waals surface area (Å²) < 4.78 is 7.05. The lowest BCUT2D eigenvalue weighted by molar-refractivity contribution is -0.123. The number of aromatic nitrogens is 2. The van der Waals surface area contributed by atoms with Crippen molar-refractivity contribution in [2.45, 2.75) is 31.9 Å². The predicted molar refractivity (Wildman–Crippen MR) is 118 cm³/mol. The van der Waals surface area contributed by atoms with E-state index < -0.39 is 12.1 Å². The van der Waals surface area contributed by atoms with Crippen LogP contribution in [0.5, 0.6) is 0 Å². The van der Waals surface area contributed by atoms with Gasteiger partial charge in [0.1, 0.15) is 12.6 Å². The molecule has 0 aliphatic carbocycles. The topological polar surface area (TPSA) is 85.2 Å². The largest absolute Gasteiger partial charge is 0.445 e. The van der Waals surface area contributed by atoms with Gasteiger partial charge in [0.05, 0.1) is 6.20 Å². The molecule has 162 valence electrons. The van der Waals surface area contributed by atoms with Gasteiger partial charge in [-0.05, 0) is 29.5 Å². The van der Waals surface area contributed by atoms with Crippen LogP contribution in [0.25, 0.3) is 0 Å². The van der Waals surface area contributed by atoms with Gasteiger partial charge < -0.3 is 15.4 Å². The normalized spacial score (nSPS) is 11.5. The zero-order valence-electron chi connectivity index (χ0n) is 17.7. The molecule has 2 N–H and O–H groups in total. The quantitative estimate of drug-likeness (QED) is 0.494. The minimum atomic E-state index is -0.718. The number of aryl methyl sites for hydroxylation is 2. The van der Waals surface area contributed by atoms with Gasteiger partial charge in [0.15, 0.2) is 0 Å². The molecule has 0 saturated heterocycles. The molecule has 0 aliphatic heterocycles. The zero-order valence-corrected chi connectivity index (χ0v) is 17.7. The molecule has 0 bridgehead atoms. The highest BCUT2D eigenvalue weighted by Crippen LogP contribution is 2.06. The van der Waals surface area contributed by atoms with Crippen LogP contribution in [-0.2, 0) is 36.0 Å². The summed E-state index contributed by atoms with van der Waals surface area (Å²) in [7, 11) is 1.88. The van der Waals surface area contributed by atoms with Crippen LogP contribution in [0.1, 0.15) is 23.1 Å². The van der Waals surface area contributed by atoms with Crippen molar-refractivity contribution >= 4 is 12.0 Å². The smallest absolute Gasteiger partial charge is 0.408 e. The first-order valence-corrected chi connectivity index (χ1v) is 10.4. The van der Waals surface area contributed by atoms with Crippen LogP contribution in [-0.4, -0.2) is 34.4 Å². The lowest BCUT2D eigenvalue weighted by Gasteiger charge is -2.18. The Kier molecular flexibility index (Phi) is 8.22. The SMILES string of the molecule is Cn1cc(CCCNC(=O)C(Cc2ccccc2)NC(=O)OCc2ccccc2)cn1. The van der Waals surface area contributed by atoms with Crippen molar-refractivity contribution in [3.63, 3.8) is 0 Å². The Morgan fingerprint density at radius 3 is 2.32 bits per heavy atom. The molecule has 2 aromatic carbocycles. The first-order chi connectivity index (χ1) is 15.1. The molecule has 1 atom stereocenters. The van der Waals surface area contributed by atoms with Gasteiger partial charge in [-0.15, -0.1) is 0 Å². The minimum absolute atomic E-state index is 0.150. The molecular weight excluding hydrogens is 392 g/mol. The van der Waals surface area contributed by atoms with Crippen LogP contribution in [0.15, 0.2) is 73.1 Å². The summed E-state index contributed by atoms with van der Waals surface area (Å²) >= 11 is 0. The second kappa shape index (κ2) is 11.5. The maximum absolute atomic E-state index is 12.8. The number of hydrogen-bond acceptors (Lipinski definition) is 4. The molecule has 0 saturated carbocycles. The van der Waals surface area contributed by atoms with Crippen LogP contribution in [0.2, 0.25) is 0 Å². The van der Waals surface area contributed by atoms with Crippen LogP contribution >= 0.6 is 0 Å². The van der Waals surface area contributed by atoms with Crippen LogP contribution in [0.3, 0.4) is 0 Å². The highest BCUT2D eigenvalue weighted by Gasteiger charge is 2.21. The third kappa shape index (κ3) is 7.62. The minimum Gasteiger partial charge on any atom is -0.445 e. The molecule has 1 aromatic heterocycles. The number of benzene rings is 2. The van der Waals surface area contributed by atoms with Crippen molar-refractivity contribution in [2.75, 3.05) is 6.54 Å². The number of nitrogens with zero attached hydrogens (tertiary/aromatic N) is 2. The summed E-state index contributed by atoms with van der Waals surface area (Å²) in [5.41, 5.74) is 2.97. The average molecular weight is 421 g/mol. The van der Waals surface area contributed by atoms with Crippen molar-refractivity contribution in [1.82, 2.24) is 20.4 Å². The highest BCUT2D eigenvalue weighted by molar-refractivity contribution is 5.85. The standard InChI is InChI=1S/C24H28N4O3/c1-28-17-21(16-26-28)13-8-14-25-23(29)22(15-19-9-4-2-5-10-19)27-24(30)31-18-20-11-6-3-7-12-20/h2-7,9-12,16-17,22H,8,13-15,18H2,1H3,(H,25,29)(H,27,30). The van der Waals surface area contributed by atoms with E-state index in [0.29, 0.717) is 13.0 Å². The highest BCUT2D eigenvalue weighted by atomic mass is 16.5. The third-order valence-corrected chi connectivity index (χ3v) is 4.80. The summed E-state index contributed by atoms with van der Waals surface area (Å²) in [6.45, 7) is 0.664. The van der Waals surface area contributed by atoms with E-state index in [0.717, 1.165) is 29.5 Å². The number of hydrogen-bond donors (Lipinski definition) is 2. The fraction of sp³-hybridized carbons (Fsp3) is 0.292. The first-order valence-electron chi connectivity index (χ1n) is 10.4. The Labute approximate surface area is 182 Å². The van der Waals surface area contributed by atoms with Gasteiger partial charge in [-0.25, -0.2) is 4.79 Å². The Balaban J connectivity index is 1.51. The molecule has 1 unspecified atom stereocenters. The molecule has 0 radical (unpaired) electrons. The number of ether oxygens (including phenoxy) is 1. The molecule has 3 aromatic rings. The number of amides is 2. The summed E-state index contributed by atoms with van der Waals surface area (Å²) in [4.78, 5) is 25.1.